The summed E-state index contributed by atoms with van der Waals surface area (Å²) in [5, 5.41) is 5.23. The number of ether oxygens (including phenoxy) is 1. The Morgan fingerprint density at radius 1 is 0.895 bits per heavy atom. The lowest BCUT2D eigenvalue weighted by molar-refractivity contribution is -0.116. The number of carbonyl (C=O) groups excluding carboxylic acids is 3. The monoisotopic (exact) mass is 596 g/mol. The number of nitrogens with one attached hydrogen (secondary N) is 4. The Balaban J connectivity index is 1.44. The van der Waals surface area contributed by atoms with Crippen molar-refractivity contribution in [2.75, 3.05) is 11.9 Å². The lowest BCUT2D eigenvalue weighted by atomic mass is 10.1. The van der Waals surface area contributed by atoms with E-state index in [1.807, 2.05) is 44.2 Å². The van der Waals surface area contributed by atoms with Crippen LogP contribution in [0.2, 0.25) is 0 Å². The first-order valence-electron chi connectivity index (χ1n) is 12.0. The first-order valence-corrected chi connectivity index (χ1v) is 13.2. The maximum absolute atomic E-state index is 12.6. The van der Waals surface area contributed by atoms with E-state index in [0.717, 1.165) is 6.42 Å². The van der Waals surface area contributed by atoms with Crippen LogP contribution >= 0.6 is 28.1 Å². The van der Waals surface area contributed by atoms with Crippen molar-refractivity contribution < 1.29 is 19.1 Å². The Kier molecular flexibility index (Phi) is 10.8. The number of benzene rings is 3. The van der Waals surface area contributed by atoms with Gasteiger partial charge >= 0.3 is 0 Å². The fourth-order valence-electron chi connectivity index (χ4n) is 3.36. The Bertz CT molecular complexity index is 1280. The second-order valence-corrected chi connectivity index (χ2v) is 10.1. The molecule has 10 heteroatoms. The van der Waals surface area contributed by atoms with Gasteiger partial charge < -0.3 is 10.1 Å². The van der Waals surface area contributed by atoms with E-state index in [1.54, 1.807) is 42.5 Å². The number of hydrazine groups is 1. The Hall–Kier alpha value is -3.76. The molecule has 0 atom stereocenters. The standard InChI is InChI=1S/C28H29BrN4O4S/c1-18(2)16-25(34)30-22-11-8-20(9-12-22)27(36)32-33-28(38)31-26(35)21-10-13-24(23(29)17-21)37-15-14-19-6-4-3-5-7-19/h3-13,17-18H,14-16H2,1-2H3,(H,30,34)(H,32,36)(H2,31,33,35,38). The van der Waals surface area contributed by atoms with Gasteiger partial charge in [-0.3, -0.25) is 30.6 Å². The van der Waals surface area contributed by atoms with Crippen molar-refractivity contribution >= 4 is 56.7 Å². The predicted octanol–water partition coefficient (Wildman–Crippen LogP) is 5.00. The van der Waals surface area contributed by atoms with Crippen molar-refractivity contribution in [3.63, 3.8) is 0 Å². The number of thiocarbonyl (C=S) groups is 1. The van der Waals surface area contributed by atoms with Crippen LogP contribution < -0.4 is 26.2 Å². The molecule has 0 saturated carbocycles. The largest absolute Gasteiger partial charge is 0.492 e. The maximum atomic E-state index is 12.6. The molecule has 3 aromatic rings. The van der Waals surface area contributed by atoms with Crippen LogP contribution in [0.4, 0.5) is 5.69 Å². The molecular formula is C28H29BrN4O4S. The summed E-state index contributed by atoms with van der Waals surface area (Å²) in [5.41, 5.74) is 7.43. The van der Waals surface area contributed by atoms with Crippen molar-refractivity contribution in [1.82, 2.24) is 16.2 Å². The summed E-state index contributed by atoms with van der Waals surface area (Å²) in [5.74, 6) is -0.120. The van der Waals surface area contributed by atoms with E-state index in [0.29, 0.717) is 40.1 Å². The van der Waals surface area contributed by atoms with E-state index < -0.39 is 11.8 Å². The van der Waals surface area contributed by atoms with Crippen LogP contribution in [0.25, 0.3) is 0 Å². The van der Waals surface area contributed by atoms with Crippen molar-refractivity contribution in [2.45, 2.75) is 26.7 Å². The van der Waals surface area contributed by atoms with Crippen LogP contribution in [0.15, 0.2) is 77.3 Å². The summed E-state index contributed by atoms with van der Waals surface area (Å²) in [6.07, 6.45) is 1.18. The molecule has 0 aliphatic carbocycles. The lowest BCUT2D eigenvalue weighted by Gasteiger charge is -2.12. The zero-order chi connectivity index (χ0) is 27.5. The van der Waals surface area contributed by atoms with Gasteiger partial charge in [-0.05, 0) is 82.1 Å². The topological polar surface area (TPSA) is 109 Å². The first-order chi connectivity index (χ1) is 18.2. The molecule has 0 aliphatic rings. The van der Waals surface area contributed by atoms with Crippen molar-refractivity contribution in [2.24, 2.45) is 5.92 Å². The van der Waals surface area contributed by atoms with Gasteiger partial charge in [0.1, 0.15) is 5.75 Å². The molecule has 0 bridgehead atoms. The first kappa shape index (κ1) is 28.8. The van der Waals surface area contributed by atoms with E-state index in [2.05, 4.69) is 37.4 Å². The molecule has 0 unspecified atom stereocenters. The van der Waals surface area contributed by atoms with Crippen LogP contribution in [0, 0.1) is 5.92 Å². The summed E-state index contributed by atoms with van der Waals surface area (Å²) in [4.78, 5) is 36.8. The molecule has 8 nitrogen and oxygen atoms in total. The average molecular weight is 598 g/mol. The van der Waals surface area contributed by atoms with Crippen molar-refractivity contribution in [1.29, 1.82) is 0 Å². The van der Waals surface area contributed by atoms with E-state index in [1.165, 1.54) is 5.56 Å². The number of hydrogen-bond donors (Lipinski definition) is 4. The third kappa shape index (κ3) is 9.28. The number of hydrogen-bond acceptors (Lipinski definition) is 5. The second-order valence-electron chi connectivity index (χ2n) is 8.82. The summed E-state index contributed by atoms with van der Waals surface area (Å²) in [7, 11) is 0. The number of anilines is 1. The van der Waals surface area contributed by atoms with Gasteiger partial charge in [0.25, 0.3) is 11.8 Å². The minimum atomic E-state index is -0.457. The Morgan fingerprint density at radius 3 is 2.24 bits per heavy atom. The van der Waals surface area contributed by atoms with Crippen LogP contribution in [0.1, 0.15) is 46.5 Å². The van der Waals surface area contributed by atoms with Crippen LogP contribution in [-0.2, 0) is 11.2 Å². The third-order valence-electron chi connectivity index (χ3n) is 5.23. The molecule has 0 fully saturated rings. The predicted molar refractivity (Wildman–Crippen MR) is 155 cm³/mol. The van der Waals surface area contributed by atoms with E-state index in [4.69, 9.17) is 17.0 Å². The molecule has 38 heavy (non-hydrogen) atoms. The smallest absolute Gasteiger partial charge is 0.269 e. The van der Waals surface area contributed by atoms with Gasteiger partial charge in [-0.1, -0.05) is 44.2 Å². The van der Waals surface area contributed by atoms with Crippen LogP contribution in [0.3, 0.4) is 0 Å². The lowest BCUT2D eigenvalue weighted by Crippen LogP contribution is -2.48. The number of rotatable bonds is 9. The van der Waals surface area contributed by atoms with Gasteiger partial charge in [0.15, 0.2) is 5.11 Å². The average Bonchev–Trinajstić information content (AvgIpc) is 2.88. The SMILES string of the molecule is CC(C)CC(=O)Nc1ccc(C(=O)NNC(=S)NC(=O)c2ccc(OCCc3ccccc3)c(Br)c2)cc1. The van der Waals surface area contributed by atoms with Gasteiger partial charge in [-0.25, -0.2) is 0 Å². The van der Waals surface area contributed by atoms with Gasteiger partial charge in [0, 0.05) is 29.7 Å². The highest BCUT2D eigenvalue weighted by atomic mass is 79.9. The molecule has 0 aliphatic heterocycles. The minimum absolute atomic E-state index is 0.0692. The molecule has 0 heterocycles. The fourth-order valence-corrected chi connectivity index (χ4v) is 4.00. The van der Waals surface area contributed by atoms with Crippen LogP contribution in [0.5, 0.6) is 5.75 Å². The molecule has 0 saturated heterocycles. The Labute approximate surface area is 235 Å². The maximum Gasteiger partial charge on any atom is 0.269 e. The molecule has 4 N–H and O–H groups in total. The minimum Gasteiger partial charge on any atom is -0.492 e. The summed E-state index contributed by atoms with van der Waals surface area (Å²) >= 11 is 8.56. The van der Waals surface area contributed by atoms with E-state index >= 15 is 0 Å². The van der Waals surface area contributed by atoms with Gasteiger partial charge in [-0.2, -0.15) is 0 Å². The highest BCUT2D eigenvalue weighted by molar-refractivity contribution is 9.10. The summed E-state index contributed by atoms with van der Waals surface area (Å²) in [6, 6.07) is 21.4. The highest BCUT2D eigenvalue weighted by Gasteiger charge is 2.13. The van der Waals surface area contributed by atoms with E-state index in [9.17, 15) is 14.4 Å². The molecular weight excluding hydrogens is 568 g/mol. The second kappa shape index (κ2) is 14.3. The fraction of sp³-hybridized carbons (Fsp3) is 0.214. The highest BCUT2D eigenvalue weighted by Crippen LogP contribution is 2.26. The zero-order valence-electron chi connectivity index (χ0n) is 21.0. The Morgan fingerprint density at radius 2 is 1.58 bits per heavy atom. The zero-order valence-corrected chi connectivity index (χ0v) is 23.4. The normalized spacial score (nSPS) is 10.4. The van der Waals surface area contributed by atoms with Gasteiger partial charge in [0.05, 0.1) is 11.1 Å². The van der Waals surface area contributed by atoms with Crippen molar-refractivity contribution in [3.05, 3.63) is 94.0 Å². The molecule has 3 amide bonds. The molecule has 0 radical (unpaired) electrons. The summed E-state index contributed by atoms with van der Waals surface area (Å²) in [6.45, 7) is 4.43. The molecule has 0 aromatic heterocycles. The summed E-state index contributed by atoms with van der Waals surface area (Å²) < 4.78 is 6.45. The third-order valence-corrected chi connectivity index (χ3v) is 6.05. The molecule has 3 rings (SSSR count). The number of carbonyl (C=O) groups is 3. The molecule has 0 spiro atoms. The van der Waals surface area contributed by atoms with Gasteiger partial charge in [0.2, 0.25) is 5.91 Å². The van der Waals surface area contributed by atoms with Crippen LogP contribution in [-0.4, -0.2) is 29.4 Å². The van der Waals surface area contributed by atoms with Crippen molar-refractivity contribution in [3.8, 4) is 5.75 Å². The number of amides is 3. The van der Waals surface area contributed by atoms with E-state index in [-0.39, 0.29) is 16.9 Å². The molecule has 3 aromatic carbocycles. The van der Waals surface area contributed by atoms with Gasteiger partial charge in [-0.15, -0.1) is 0 Å². The number of halogens is 1. The quantitative estimate of drug-likeness (QED) is 0.204. The molecule has 198 valence electrons.